The van der Waals surface area contributed by atoms with Gasteiger partial charge in [-0.05, 0) is 144 Å². The first kappa shape index (κ1) is 35.6. The predicted molar refractivity (Wildman–Crippen MR) is 254 cm³/mol. The van der Waals surface area contributed by atoms with E-state index in [0.717, 1.165) is 69.9 Å². The number of allylic oxidation sites excluding steroid dienone is 9. The Balaban J connectivity index is 1.18. The fourth-order valence-electron chi connectivity index (χ4n) is 10.7. The number of nitrogens with zero attached hydrogens (tertiary/aromatic N) is 2. The smallest absolute Gasteiger partial charge is 0.160 e. The van der Waals surface area contributed by atoms with E-state index < -0.39 is 5.41 Å². The monoisotopic (exact) mass is 784 g/mol. The molecule has 0 N–H and O–H groups in total. The molecule has 0 fully saturated rings. The van der Waals surface area contributed by atoms with Gasteiger partial charge in [0.1, 0.15) is 5.58 Å². The molecule has 8 aromatic rings. The molecular formula is C58H44N2O. The maximum atomic E-state index is 7.14. The summed E-state index contributed by atoms with van der Waals surface area (Å²) in [7, 11) is 0. The highest BCUT2D eigenvalue weighted by molar-refractivity contribution is 6.19. The highest BCUT2D eigenvalue weighted by Crippen LogP contribution is 2.66. The summed E-state index contributed by atoms with van der Waals surface area (Å²) in [5.74, 6) is 0. The molecule has 4 aliphatic carbocycles. The van der Waals surface area contributed by atoms with Crippen molar-refractivity contribution in [2.75, 3.05) is 9.80 Å². The second-order valence-electron chi connectivity index (χ2n) is 16.8. The Kier molecular flexibility index (Phi) is 8.08. The van der Waals surface area contributed by atoms with Crippen molar-refractivity contribution in [1.29, 1.82) is 0 Å². The standard InChI is InChI=1S/C58H44N2O/c1-38-25-29-42(30-26-38)59(40-15-5-3-6-16-40)43-33-35-47-51(36-34-43)58(49-22-12-9-19-45(49)46-20-10-13-23-50(46)58)52-37-53(57-56(55(47)52)48-21-11-14-24-54(48)61-57)60(41-17-7-4-8-18-41)44-31-27-39(2)28-32-44/h3-9,11-19,21-35,37H,10,20,36H2,1-2H3. The molecule has 1 heterocycles. The van der Waals surface area contributed by atoms with Gasteiger partial charge in [0, 0.05) is 39.2 Å². The van der Waals surface area contributed by atoms with Crippen molar-refractivity contribution in [3.8, 4) is 0 Å². The van der Waals surface area contributed by atoms with Crippen LogP contribution in [0, 0.1) is 13.8 Å². The zero-order valence-electron chi connectivity index (χ0n) is 34.4. The SMILES string of the molecule is Cc1ccc(N(C2=CCC3=C(C=C2)c2c(cc(N(c4ccccc4)c4ccc(C)cc4)c4oc5ccccc5c24)C32C3=C(CCC=C3)c3ccccc32)c2ccccc2)cc1. The van der Waals surface area contributed by atoms with Crippen molar-refractivity contribution in [3.63, 3.8) is 0 Å². The predicted octanol–water partition coefficient (Wildman–Crippen LogP) is 15.5. The van der Waals surface area contributed by atoms with Gasteiger partial charge in [-0.3, -0.25) is 0 Å². The highest BCUT2D eigenvalue weighted by atomic mass is 16.3. The summed E-state index contributed by atoms with van der Waals surface area (Å²) in [5.41, 5.74) is 21.3. The third-order valence-electron chi connectivity index (χ3n) is 13.4. The summed E-state index contributed by atoms with van der Waals surface area (Å²) in [6.07, 6.45) is 15.0. The van der Waals surface area contributed by atoms with Crippen molar-refractivity contribution in [1.82, 2.24) is 0 Å². The molecule has 1 unspecified atom stereocenters. The van der Waals surface area contributed by atoms with Crippen LogP contribution in [-0.2, 0) is 5.41 Å². The molecule has 1 spiro atoms. The van der Waals surface area contributed by atoms with Crippen LogP contribution in [0.5, 0.6) is 0 Å². The minimum atomic E-state index is -0.512. The number of anilines is 5. The Morgan fingerprint density at radius 3 is 1.93 bits per heavy atom. The van der Waals surface area contributed by atoms with E-state index in [-0.39, 0.29) is 0 Å². The van der Waals surface area contributed by atoms with Crippen LogP contribution in [-0.4, -0.2) is 0 Å². The fraction of sp³-hybridized carbons (Fsp3) is 0.103. The molecule has 4 aliphatic rings. The summed E-state index contributed by atoms with van der Waals surface area (Å²) in [6.45, 7) is 4.31. The molecule has 0 radical (unpaired) electrons. The lowest BCUT2D eigenvalue weighted by Crippen LogP contribution is -2.29. The first-order chi connectivity index (χ1) is 30.1. The molecule has 61 heavy (non-hydrogen) atoms. The number of rotatable bonds is 6. The second-order valence-corrected chi connectivity index (χ2v) is 16.8. The van der Waals surface area contributed by atoms with Crippen molar-refractivity contribution >= 4 is 61.5 Å². The van der Waals surface area contributed by atoms with Crippen LogP contribution in [0.3, 0.4) is 0 Å². The van der Waals surface area contributed by atoms with Crippen LogP contribution in [0.25, 0.3) is 33.1 Å². The largest absolute Gasteiger partial charge is 0.454 e. The van der Waals surface area contributed by atoms with Crippen LogP contribution >= 0.6 is 0 Å². The average molecular weight is 785 g/mol. The summed E-state index contributed by atoms with van der Waals surface area (Å²) >= 11 is 0. The summed E-state index contributed by atoms with van der Waals surface area (Å²) in [4.78, 5) is 4.81. The third-order valence-corrected chi connectivity index (χ3v) is 13.4. The van der Waals surface area contributed by atoms with Crippen molar-refractivity contribution < 1.29 is 4.42 Å². The number of para-hydroxylation sites is 3. The Morgan fingerprint density at radius 1 is 0.574 bits per heavy atom. The minimum Gasteiger partial charge on any atom is -0.454 e. The molecule has 0 saturated carbocycles. The Hall–Kier alpha value is -7.36. The number of benzene rings is 7. The molecule has 1 aromatic heterocycles. The Morgan fingerprint density at radius 2 is 1.20 bits per heavy atom. The van der Waals surface area contributed by atoms with Gasteiger partial charge in [0.15, 0.2) is 5.58 Å². The van der Waals surface area contributed by atoms with Crippen molar-refractivity contribution in [2.24, 2.45) is 0 Å². The van der Waals surface area contributed by atoms with Crippen LogP contribution in [0.2, 0.25) is 0 Å². The number of hydrogen-bond acceptors (Lipinski definition) is 3. The van der Waals surface area contributed by atoms with Gasteiger partial charge in [0.25, 0.3) is 0 Å². The quantitative estimate of drug-likeness (QED) is 0.167. The van der Waals surface area contributed by atoms with E-state index in [1.54, 1.807) is 0 Å². The topological polar surface area (TPSA) is 19.6 Å². The molecule has 292 valence electrons. The summed E-state index contributed by atoms with van der Waals surface area (Å²) < 4.78 is 7.14. The van der Waals surface area contributed by atoms with Crippen LogP contribution in [0.15, 0.2) is 215 Å². The maximum Gasteiger partial charge on any atom is 0.160 e. The van der Waals surface area contributed by atoms with Gasteiger partial charge in [0.05, 0.1) is 11.1 Å². The van der Waals surface area contributed by atoms with E-state index in [1.807, 2.05) is 0 Å². The van der Waals surface area contributed by atoms with Gasteiger partial charge >= 0.3 is 0 Å². The minimum absolute atomic E-state index is 0.512. The van der Waals surface area contributed by atoms with Gasteiger partial charge < -0.3 is 14.2 Å². The first-order valence-corrected chi connectivity index (χ1v) is 21.5. The van der Waals surface area contributed by atoms with Crippen molar-refractivity contribution in [3.05, 3.63) is 244 Å². The maximum absolute atomic E-state index is 7.14. The lowest BCUT2D eigenvalue weighted by molar-refractivity contribution is 0.668. The molecule has 3 heteroatoms. The van der Waals surface area contributed by atoms with E-state index in [4.69, 9.17) is 4.42 Å². The molecule has 3 nitrogen and oxygen atoms in total. The Bertz CT molecular complexity index is 3210. The zero-order valence-corrected chi connectivity index (χ0v) is 34.4. The second kappa shape index (κ2) is 13.9. The summed E-state index contributed by atoms with van der Waals surface area (Å²) in [5, 5.41) is 2.30. The molecule has 1 atom stereocenters. The summed E-state index contributed by atoms with van der Waals surface area (Å²) in [6, 6.07) is 59.7. The van der Waals surface area contributed by atoms with E-state index in [1.165, 1.54) is 61.1 Å². The molecule has 0 amide bonds. The lowest BCUT2D eigenvalue weighted by Gasteiger charge is -2.35. The highest BCUT2D eigenvalue weighted by Gasteiger charge is 2.54. The van der Waals surface area contributed by atoms with E-state index >= 15 is 0 Å². The molecule has 0 bridgehead atoms. The number of fused-ring (bicyclic) bond motifs is 12. The van der Waals surface area contributed by atoms with Gasteiger partial charge in [-0.25, -0.2) is 0 Å². The molecular weight excluding hydrogens is 741 g/mol. The van der Waals surface area contributed by atoms with Gasteiger partial charge in [0.2, 0.25) is 0 Å². The normalized spacial score (nSPS) is 17.4. The lowest BCUT2D eigenvalue weighted by atomic mass is 9.67. The van der Waals surface area contributed by atoms with Crippen LogP contribution in [0.4, 0.5) is 28.4 Å². The fourth-order valence-corrected chi connectivity index (χ4v) is 10.7. The molecule has 7 aromatic carbocycles. The van der Waals surface area contributed by atoms with E-state index in [9.17, 15) is 0 Å². The van der Waals surface area contributed by atoms with Crippen molar-refractivity contribution in [2.45, 2.75) is 38.5 Å². The van der Waals surface area contributed by atoms with E-state index in [2.05, 4.69) is 218 Å². The van der Waals surface area contributed by atoms with Crippen LogP contribution in [0.1, 0.15) is 52.6 Å². The third kappa shape index (κ3) is 5.30. The zero-order chi connectivity index (χ0) is 40.7. The number of hydrogen-bond donors (Lipinski definition) is 0. The van der Waals surface area contributed by atoms with Gasteiger partial charge in [-0.15, -0.1) is 0 Å². The average Bonchev–Trinajstić information content (AvgIpc) is 3.86. The molecule has 12 rings (SSSR count). The first-order valence-electron chi connectivity index (χ1n) is 21.5. The Labute approximate surface area is 357 Å². The van der Waals surface area contributed by atoms with Crippen LogP contribution < -0.4 is 9.80 Å². The number of furan rings is 1. The molecule has 0 aliphatic heterocycles. The van der Waals surface area contributed by atoms with E-state index in [0.29, 0.717) is 0 Å². The van der Waals surface area contributed by atoms with Gasteiger partial charge in [-0.2, -0.15) is 0 Å². The van der Waals surface area contributed by atoms with Gasteiger partial charge in [-0.1, -0.05) is 139 Å². The number of aryl methyl sites for hydroxylation is 2. The molecule has 0 saturated heterocycles.